The fraction of sp³-hybridized carbons (Fsp3) is 0.150. The summed E-state index contributed by atoms with van der Waals surface area (Å²) < 4.78 is 1.11. The van der Waals surface area contributed by atoms with Gasteiger partial charge in [-0.3, -0.25) is 4.99 Å². The molecule has 0 N–H and O–H groups in total. The second-order valence-corrected chi connectivity index (χ2v) is 6.68. The van der Waals surface area contributed by atoms with E-state index in [4.69, 9.17) is 4.99 Å². The molecule has 3 aromatic rings. The first-order chi connectivity index (χ1) is 10.7. The van der Waals surface area contributed by atoms with Crippen LogP contribution in [0.15, 0.2) is 64.1 Å². The van der Waals surface area contributed by atoms with Crippen LogP contribution >= 0.6 is 15.9 Å². The molecule has 3 aromatic carbocycles. The van der Waals surface area contributed by atoms with Gasteiger partial charge in [-0.2, -0.15) is 0 Å². The molecule has 0 bridgehead atoms. The Morgan fingerprint density at radius 2 is 1.86 bits per heavy atom. The fourth-order valence-corrected chi connectivity index (χ4v) is 3.66. The highest BCUT2D eigenvalue weighted by Gasteiger charge is 2.18. The molecule has 0 radical (unpaired) electrons. The lowest BCUT2D eigenvalue weighted by atomic mass is 9.88. The average molecular weight is 350 g/mol. The molecule has 0 atom stereocenters. The average Bonchev–Trinajstić information content (AvgIpc) is 2.55. The third kappa shape index (κ3) is 2.19. The normalized spacial score (nSPS) is 13.8. The first-order valence-electron chi connectivity index (χ1n) is 7.56. The number of halogens is 1. The Balaban J connectivity index is 2.02. The molecule has 0 saturated carbocycles. The van der Waals surface area contributed by atoms with Crippen molar-refractivity contribution in [3.05, 3.63) is 81.3 Å². The Hall–Kier alpha value is -1.93. The van der Waals surface area contributed by atoms with Gasteiger partial charge in [0.15, 0.2) is 0 Å². The number of rotatable bonds is 1. The molecular weight excluding hydrogens is 334 g/mol. The number of hydrogen-bond donors (Lipinski definition) is 0. The first kappa shape index (κ1) is 13.7. The molecule has 0 unspecified atom stereocenters. The van der Waals surface area contributed by atoms with Crippen molar-refractivity contribution in [2.24, 2.45) is 4.99 Å². The van der Waals surface area contributed by atoms with Gasteiger partial charge < -0.3 is 0 Å². The molecule has 108 valence electrons. The number of nitrogens with zero attached hydrogens (tertiary/aromatic N) is 1. The molecule has 1 nitrogen and oxygen atoms in total. The van der Waals surface area contributed by atoms with Gasteiger partial charge in [-0.25, -0.2) is 0 Å². The molecule has 0 spiro atoms. The van der Waals surface area contributed by atoms with Crippen LogP contribution in [0, 0.1) is 6.92 Å². The van der Waals surface area contributed by atoms with Crippen LogP contribution in [0.4, 0.5) is 0 Å². The van der Waals surface area contributed by atoms with Crippen LogP contribution in [0.1, 0.15) is 22.3 Å². The Labute approximate surface area is 138 Å². The number of aliphatic imine (C=N–C) groups is 1. The van der Waals surface area contributed by atoms with Gasteiger partial charge in [0.2, 0.25) is 0 Å². The van der Waals surface area contributed by atoms with Crippen molar-refractivity contribution in [3.63, 3.8) is 0 Å². The highest BCUT2D eigenvalue weighted by molar-refractivity contribution is 9.10. The molecule has 1 heterocycles. The van der Waals surface area contributed by atoms with Crippen molar-refractivity contribution >= 4 is 32.4 Å². The molecule has 0 aliphatic carbocycles. The maximum absolute atomic E-state index is 4.88. The third-order valence-corrected chi connectivity index (χ3v) is 4.84. The Morgan fingerprint density at radius 3 is 2.77 bits per heavy atom. The van der Waals surface area contributed by atoms with E-state index < -0.39 is 0 Å². The zero-order valence-electron chi connectivity index (χ0n) is 12.4. The van der Waals surface area contributed by atoms with Crippen molar-refractivity contribution in [2.45, 2.75) is 13.3 Å². The van der Waals surface area contributed by atoms with Crippen molar-refractivity contribution in [1.29, 1.82) is 0 Å². The van der Waals surface area contributed by atoms with Crippen LogP contribution < -0.4 is 0 Å². The summed E-state index contributed by atoms with van der Waals surface area (Å²) in [5.41, 5.74) is 6.39. The maximum Gasteiger partial charge on any atom is 0.0730 e. The lowest BCUT2D eigenvalue weighted by Gasteiger charge is -2.20. The molecule has 0 fully saturated rings. The molecule has 22 heavy (non-hydrogen) atoms. The van der Waals surface area contributed by atoms with E-state index >= 15 is 0 Å². The second-order valence-electron chi connectivity index (χ2n) is 5.76. The summed E-state index contributed by atoms with van der Waals surface area (Å²) in [6.07, 6.45) is 1.04. The molecule has 0 aromatic heterocycles. The number of fused-ring (bicyclic) bond motifs is 2. The van der Waals surface area contributed by atoms with E-state index in [-0.39, 0.29) is 0 Å². The predicted molar refractivity (Wildman–Crippen MR) is 97.0 cm³/mol. The second kappa shape index (κ2) is 5.36. The predicted octanol–water partition coefficient (Wildman–Crippen LogP) is 5.30. The van der Waals surface area contributed by atoms with Crippen LogP contribution in [0.5, 0.6) is 0 Å². The van der Waals surface area contributed by atoms with Gasteiger partial charge in [-0.1, -0.05) is 58.4 Å². The van der Waals surface area contributed by atoms with Crippen LogP contribution in [0.25, 0.3) is 10.8 Å². The third-order valence-electron chi connectivity index (χ3n) is 4.35. The topological polar surface area (TPSA) is 12.4 Å². The van der Waals surface area contributed by atoms with E-state index in [1.165, 1.54) is 33.0 Å². The van der Waals surface area contributed by atoms with E-state index in [0.29, 0.717) is 0 Å². The largest absolute Gasteiger partial charge is 0.284 e. The van der Waals surface area contributed by atoms with Crippen LogP contribution in [0.2, 0.25) is 0 Å². The molecule has 0 saturated heterocycles. The van der Waals surface area contributed by atoms with Crippen molar-refractivity contribution in [1.82, 2.24) is 0 Å². The molecule has 4 rings (SSSR count). The van der Waals surface area contributed by atoms with Gasteiger partial charge >= 0.3 is 0 Å². The van der Waals surface area contributed by atoms with E-state index in [1.54, 1.807) is 0 Å². The summed E-state index contributed by atoms with van der Waals surface area (Å²) in [6.45, 7) is 3.05. The van der Waals surface area contributed by atoms with Gasteiger partial charge in [0.1, 0.15) is 0 Å². The maximum atomic E-state index is 4.88. The minimum Gasteiger partial charge on any atom is -0.284 e. The standard InChI is InChI=1S/C20H16BrN/c1-13-6-7-15-12-16(21)8-9-17(15)19(13)20-18-5-3-2-4-14(18)10-11-22-20/h2-9,12H,10-11H2,1H3. The van der Waals surface area contributed by atoms with Gasteiger partial charge in [0, 0.05) is 22.1 Å². The first-order valence-corrected chi connectivity index (χ1v) is 8.35. The molecular formula is C20H16BrN. The summed E-state index contributed by atoms with van der Waals surface area (Å²) in [6, 6.07) is 19.5. The van der Waals surface area contributed by atoms with Crippen molar-refractivity contribution in [2.75, 3.05) is 6.54 Å². The van der Waals surface area contributed by atoms with Gasteiger partial charge in [-0.05, 0) is 47.4 Å². The summed E-state index contributed by atoms with van der Waals surface area (Å²) in [5, 5.41) is 2.53. The van der Waals surface area contributed by atoms with Crippen LogP contribution in [0.3, 0.4) is 0 Å². The minimum atomic E-state index is 0.874. The monoisotopic (exact) mass is 349 g/mol. The summed E-state index contributed by atoms with van der Waals surface area (Å²) in [4.78, 5) is 4.88. The lowest BCUT2D eigenvalue weighted by molar-refractivity contribution is 0.944. The van der Waals surface area contributed by atoms with E-state index in [1.807, 2.05) is 0 Å². The summed E-state index contributed by atoms with van der Waals surface area (Å²) >= 11 is 3.57. The zero-order valence-corrected chi connectivity index (χ0v) is 14.0. The quantitative estimate of drug-likeness (QED) is 0.564. The lowest BCUT2D eigenvalue weighted by Crippen LogP contribution is -2.15. The molecule has 1 aliphatic rings. The van der Waals surface area contributed by atoms with Gasteiger partial charge in [0.25, 0.3) is 0 Å². The Kier molecular flexibility index (Phi) is 3.34. The summed E-state index contributed by atoms with van der Waals surface area (Å²) in [7, 11) is 0. The highest BCUT2D eigenvalue weighted by Crippen LogP contribution is 2.30. The van der Waals surface area contributed by atoms with E-state index in [2.05, 4.69) is 77.5 Å². The van der Waals surface area contributed by atoms with Crippen LogP contribution in [-0.4, -0.2) is 12.3 Å². The van der Waals surface area contributed by atoms with Crippen LogP contribution in [-0.2, 0) is 6.42 Å². The summed E-state index contributed by atoms with van der Waals surface area (Å²) in [5.74, 6) is 0. The SMILES string of the molecule is Cc1ccc2cc(Br)ccc2c1C1=NCCc2ccccc21. The smallest absolute Gasteiger partial charge is 0.0730 e. The Bertz CT molecular complexity index is 909. The fourth-order valence-electron chi connectivity index (χ4n) is 3.28. The van der Waals surface area contributed by atoms with Gasteiger partial charge in [-0.15, -0.1) is 0 Å². The number of benzene rings is 3. The number of hydrogen-bond acceptors (Lipinski definition) is 1. The Morgan fingerprint density at radius 1 is 1.00 bits per heavy atom. The van der Waals surface area contributed by atoms with E-state index in [0.717, 1.165) is 23.1 Å². The van der Waals surface area contributed by atoms with Gasteiger partial charge in [0.05, 0.1) is 5.71 Å². The van der Waals surface area contributed by atoms with Crippen molar-refractivity contribution in [3.8, 4) is 0 Å². The zero-order chi connectivity index (χ0) is 15.1. The molecule has 0 amide bonds. The minimum absolute atomic E-state index is 0.874. The molecule has 1 aliphatic heterocycles. The number of aryl methyl sites for hydroxylation is 1. The molecule has 2 heteroatoms. The van der Waals surface area contributed by atoms with E-state index in [9.17, 15) is 0 Å². The van der Waals surface area contributed by atoms with Crippen molar-refractivity contribution < 1.29 is 0 Å². The highest BCUT2D eigenvalue weighted by atomic mass is 79.9.